The zero-order valence-corrected chi connectivity index (χ0v) is 60.1. The maximum Gasteiger partial charge on any atom is 0.488 e. The number of furan rings is 3. The number of nitro benzene ring substituents is 2. The predicted molar refractivity (Wildman–Crippen MR) is 385 cm³/mol. The summed E-state index contributed by atoms with van der Waals surface area (Å²) in [7, 11) is -1.58. The molecule has 0 atom stereocenters. The second kappa shape index (κ2) is 45.0. The fourth-order valence-electron chi connectivity index (χ4n) is 8.73. The minimum absolute atomic E-state index is 0. The van der Waals surface area contributed by atoms with Gasteiger partial charge in [-0.3, -0.25) is 78.2 Å². The number of pyridine rings is 6. The van der Waals surface area contributed by atoms with Crippen molar-refractivity contribution in [3.8, 4) is 35.7 Å². The topological polar surface area (TPSA) is 563 Å². The van der Waals surface area contributed by atoms with Gasteiger partial charge in [-0.15, -0.1) is 11.6 Å². The standard InChI is InChI=1S/C18H10N4O4.C12H7N3O2.C9H8N2O2.C8H19N.C6H6BNO4.C6H4N2O.C3H5ClO.C3H3NO2.2C2H4O2.Cu/c1-10-13(9-19)18(23)21(11-4-6-12(7-5-11)22(24)25)16-15-14(26-17(10)16)3-2-8-20-15;1-6-7(5-13)12(16)15-10-9-8(17-11(6)10)3-2-4-14-9;1-5(12)9-7(10)8-6(13-9)3-2-4-11-8;1-6-9(7(2)3)8(4)5;9-7(10)5-1-3-6(4-2-5)8(11)12;7-4-5-6(9)2-1-3-8-5;1-3(5)2-4;4-2-1-3(5)6;2*1-2(3)4;/h2-8H,1H3;2-4H,1H3,(H,15,16);2-4H,10H2,1H3;7-8H,6H2,1-5H3;1-4,9-10H;1-3,9H;2H2,1H3;1H2,(H,5,6);2*1H3,(H,3,4);. The number of fused-ring (bicyclic) bond motifs is 7. The van der Waals surface area contributed by atoms with Crippen molar-refractivity contribution < 1.29 is 94.6 Å². The first-order chi connectivity index (χ1) is 49.5. The normalized spacial score (nSPS) is 9.71. The Balaban J connectivity index is 0.000000624. The Hall–Kier alpha value is -13.1. The summed E-state index contributed by atoms with van der Waals surface area (Å²) in [4.78, 5) is 114. The molecule has 557 valence electrons. The van der Waals surface area contributed by atoms with Gasteiger partial charge >= 0.3 is 13.1 Å². The van der Waals surface area contributed by atoms with E-state index in [1.54, 1.807) is 81.0 Å². The number of Topliss-reactive ketones (excluding diaryl/α,β-unsaturated/α-hetero) is 2. The number of aliphatic carboxylic acids is 3. The van der Waals surface area contributed by atoms with Crippen molar-refractivity contribution in [2.75, 3.05) is 18.2 Å². The molecule has 0 fully saturated rings. The molecule has 106 heavy (non-hydrogen) atoms. The number of nitro groups is 2. The number of nitrogens with two attached hydrogens (primary N) is 1. The van der Waals surface area contributed by atoms with Crippen LogP contribution in [0.1, 0.15) is 107 Å². The van der Waals surface area contributed by atoms with Crippen LogP contribution in [0.25, 0.3) is 61.2 Å². The van der Waals surface area contributed by atoms with Crippen molar-refractivity contribution in [1.82, 2.24) is 34.4 Å². The fourth-order valence-corrected chi connectivity index (χ4v) is 8.73. The van der Waals surface area contributed by atoms with E-state index in [0.717, 1.165) is 20.4 Å². The Morgan fingerprint density at radius 2 is 1.09 bits per heavy atom. The van der Waals surface area contributed by atoms with Gasteiger partial charge in [0.2, 0.25) is 0 Å². The molecule has 11 aromatic rings. The summed E-state index contributed by atoms with van der Waals surface area (Å²) in [5.41, 5.74) is 11.7. The van der Waals surface area contributed by atoms with Gasteiger partial charge in [0, 0.05) is 116 Å². The molecule has 0 bridgehead atoms. The van der Waals surface area contributed by atoms with Crippen molar-refractivity contribution in [2.24, 2.45) is 0 Å². The van der Waals surface area contributed by atoms with Crippen molar-refractivity contribution in [3.63, 3.8) is 0 Å². The summed E-state index contributed by atoms with van der Waals surface area (Å²) >= 11 is 4.99. The number of benzene rings is 2. The van der Waals surface area contributed by atoms with Gasteiger partial charge in [-0.1, -0.05) is 19.1 Å². The summed E-state index contributed by atoms with van der Waals surface area (Å²) in [6, 6.07) is 32.3. The molecular formula is C69H70BClCuN14O20. The van der Waals surface area contributed by atoms with Gasteiger partial charge in [0.15, 0.2) is 50.9 Å². The van der Waals surface area contributed by atoms with Crippen LogP contribution in [0.15, 0.2) is 145 Å². The van der Waals surface area contributed by atoms with Crippen LogP contribution < -0.4 is 22.3 Å². The first-order valence-electron chi connectivity index (χ1n) is 30.5. The number of hydrogen-bond acceptors (Lipinski definition) is 27. The average molecular weight is 1530 g/mol. The number of H-pyrrole nitrogens is 1. The van der Waals surface area contributed by atoms with Crippen LogP contribution in [0.3, 0.4) is 0 Å². The zero-order chi connectivity index (χ0) is 79.5. The summed E-state index contributed by atoms with van der Waals surface area (Å²) in [5.74, 6) is -2.65. The molecule has 0 saturated heterocycles. The summed E-state index contributed by atoms with van der Waals surface area (Å²) in [5, 5.41) is 104. The molecule has 9 aromatic heterocycles. The molecule has 1 radical (unpaired) electrons. The molecule has 9 N–H and O–H groups in total. The Morgan fingerprint density at radius 3 is 1.46 bits per heavy atom. The van der Waals surface area contributed by atoms with E-state index in [1.165, 1.54) is 85.3 Å². The number of carbonyl (C=O) groups excluding carboxylic acids is 2. The molecule has 0 spiro atoms. The number of carboxylic acid groups (broad SMARTS) is 3. The number of nitriles is 4. The number of ketones is 2. The molecule has 0 amide bonds. The van der Waals surface area contributed by atoms with E-state index < -0.39 is 52.4 Å². The number of aromatic amines is 1. The molecule has 0 unspecified atom stereocenters. The van der Waals surface area contributed by atoms with Crippen molar-refractivity contribution >= 4 is 126 Å². The minimum atomic E-state index is -1.58. The first-order valence-corrected chi connectivity index (χ1v) is 31.0. The summed E-state index contributed by atoms with van der Waals surface area (Å²) in [6.45, 7) is 20.7. The summed E-state index contributed by atoms with van der Waals surface area (Å²) < 4.78 is 18.0. The molecule has 0 aliphatic rings. The van der Waals surface area contributed by atoms with Crippen LogP contribution >= 0.6 is 11.6 Å². The van der Waals surface area contributed by atoms with Crippen LogP contribution in [0.2, 0.25) is 0 Å². The number of halogens is 1. The Morgan fingerprint density at radius 1 is 0.670 bits per heavy atom. The third-order valence-corrected chi connectivity index (χ3v) is 13.5. The number of nitrogen functional groups attached to an aromatic ring is 1. The summed E-state index contributed by atoms with van der Waals surface area (Å²) in [6.07, 6.45) is 5.87. The van der Waals surface area contributed by atoms with Gasteiger partial charge in [0.1, 0.15) is 74.8 Å². The number of alkyl halides is 1. The Labute approximate surface area is 618 Å². The first kappa shape index (κ1) is 91.0. The van der Waals surface area contributed by atoms with Crippen LogP contribution in [-0.4, -0.2) is 136 Å². The van der Waals surface area contributed by atoms with Gasteiger partial charge in [-0.05, 0) is 121 Å². The number of hydrogen-bond donors (Lipinski definition) is 8. The van der Waals surface area contributed by atoms with E-state index in [9.17, 15) is 49.5 Å². The number of carbonyl (C=O) groups is 5. The number of nitrogens with one attached hydrogen (secondary N) is 1. The van der Waals surface area contributed by atoms with Gasteiger partial charge < -0.3 is 54.4 Å². The third-order valence-electron chi connectivity index (χ3n) is 13.2. The molecule has 2 aromatic carbocycles. The fraction of sp³-hybridized carbons (Fsp3) is 0.232. The molecule has 9 heterocycles. The maximum absolute atomic E-state index is 12.9. The second-order valence-corrected chi connectivity index (χ2v) is 21.7. The molecular weight excluding hydrogens is 1450 g/mol. The largest absolute Gasteiger partial charge is 0.505 e. The number of rotatable bonds is 10. The number of aromatic hydroxyl groups is 1. The molecule has 37 heteroatoms. The molecule has 0 saturated carbocycles. The average Bonchev–Trinajstić information content (AvgIpc) is 1.55. The van der Waals surface area contributed by atoms with E-state index in [-0.39, 0.29) is 79.7 Å². The van der Waals surface area contributed by atoms with Crippen LogP contribution in [0, 0.1) is 79.4 Å². The zero-order valence-electron chi connectivity index (χ0n) is 58.4. The Bertz CT molecular complexity index is 5140. The Kier molecular flexibility index (Phi) is 38.6. The predicted octanol–water partition coefficient (Wildman–Crippen LogP) is 9.72. The number of non-ortho nitro benzene ring substituents is 2. The van der Waals surface area contributed by atoms with Crippen LogP contribution in [-0.2, 0) is 36.2 Å². The number of aryl methyl sites for hydroxylation is 2. The van der Waals surface area contributed by atoms with Crippen molar-refractivity contribution in [1.29, 1.82) is 21.0 Å². The van der Waals surface area contributed by atoms with E-state index >= 15 is 0 Å². The SMILES string of the molecule is CC(=O)CCl.CC(=O)O.CC(=O)O.CC(=O)c1oc2cccnc2c1N.CCN(C(C)C)C(C)C.Cc1c(C#N)c(=O)[nH]c2c1oc1cccnc12.Cc1c(C#N)c(=O)n(-c2ccc([N+](=O)[O-])cc2)c2c1oc1cccnc12.N#CCC(=O)O.N#Cc1ncccc1O.O=[N+]([O-])c1ccc(B(O)O)cc1.[Cu]. The quantitative estimate of drug-likeness (QED) is 0.0207. The van der Waals surface area contributed by atoms with Gasteiger partial charge in [-0.25, -0.2) is 4.98 Å². The maximum atomic E-state index is 12.9. The molecule has 34 nitrogen and oxygen atoms in total. The van der Waals surface area contributed by atoms with E-state index in [2.05, 4.69) is 64.4 Å². The second-order valence-electron chi connectivity index (χ2n) is 21.5. The van der Waals surface area contributed by atoms with Gasteiger partial charge in [0.25, 0.3) is 34.4 Å². The number of nitrogens with zero attached hydrogens (tertiary/aromatic N) is 12. The van der Waals surface area contributed by atoms with E-state index in [1.807, 2.05) is 12.1 Å². The smallest absolute Gasteiger partial charge is 0.488 e. The number of anilines is 1. The van der Waals surface area contributed by atoms with Crippen molar-refractivity contribution in [3.05, 3.63) is 196 Å². The number of aromatic nitrogens is 6. The monoisotopic (exact) mass is 1520 g/mol. The number of carboxylic acids is 3. The van der Waals surface area contributed by atoms with Crippen molar-refractivity contribution in [2.45, 2.75) is 94.7 Å². The van der Waals surface area contributed by atoms with E-state index in [4.69, 9.17) is 86.4 Å². The third kappa shape index (κ3) is 27.4. The van der Waals surface area contributed by atoms with Crippen LogP contribution in [0.4, 0.5) is 17.1 Å². The molecule has 0 aliphatic heterocycles. The van der Waals surface area contributed by atoms with Crippen LogP contribution in [0.5, 0.6) is 5.75 Å². The van der Waals surface area contributed by atoms with Gasteiger partial charge in [0.05, 0.1) is 21.8 Å². The molecule has 0 aliphatic carbocycles. The minimum Gasteiger partial charge on any atom is -0.505 e. The van der Waals surface area contributed by atoms with E-state index in [0.29, 0.717) is 90.1 Å². The van der Waals surface area contributed by atoms with Gasteiger partial charge in [-0.2, -0.15) is 21.0 Å². The molecule has 11 rings (SSSR count).